The number of fused-ring (bicyclic) bond motifs is 2. The highest BCUT2D eigenvalue weighted by Crippen LogP contribution is 2.43. The number of hydrogen-bond acceptors (Lipinski definition) is 4. The van der Waals surface area contributed by atoms with Crippen LogP contribution in [0.25, 0.3) is 21.9 Å². The number of phenols is 1. The summed E-state index contributed by atoms with van der Waals surface area (Å²) in [7, 11) is 0. The van der Waals surface area contributed by atoms with Crippen LogP contribution in [-0.2, 0) is 6.42 Å². The fourth-order valence-electron chi connectivity index (χ4n) is 2.57. The van der Waals surface area contributed by atoms with Crippen molar-refractivity contribution >= 4 is 21.9 Å². The van der Waals surface area contributed by atoms with Gasteiger partial charge in [-0.1, -0.05) is 0 Å². The molecule has 1 saturated carbocycles. The Morgan fingerprint density at radius 2 is 1.78 bits per heavy atom. The molecule has 3 N–H and O–H groups in total. The second-order valence-corrected chi connectivity index (χ2v) is 5.19. The van der Waals surface area contributed by atoms with E-state index in [1.54, 1.807) is 18.6 Å². The highest BCUT2D eigenvalue weighted by Gasteiger charge is 2.39. The first kappa shape index (κ1) is 10.0. The number of aromatic hydroxyl groups is 1. The first-order chi connectivity index (χ1) is 8.68. The Bertz CT molecular complexity index is 697. The summed E-state index contributed by atoms with van der Waals surface area (Å²) in [5.41, 5.74) is 8.37. The van der Waals surface area contributed by atoms with Gasteiger partial charge in [-0.3, -0.25) is 0 Å². The number of rotatable bonds is 2. The van der Waals surface area contributed by atoms with E-state index < -0.39 is 0 Å². The van der Waals surface area contributed by atoms with E-state index >= 15 is 0 Å². The molecule has 4 rings (SSSR count). The largest absolute Gasteiger partial charge is 0.504 e. The summed E-state index contributed by atoms with van der Waals surface area (Å²) in [4.78, 5) is 0. The van der Waals surface area contributed by atoms with Crippen molar-refractivity contribution in [2.75, 3.05) is 0 Å². The molecule has 0 spiro atoms. The van der Waals surface area contributed by atoms with Gasteiger partial charge in [0.1, 0.15) is 5.58 Å². The molecule has 1 aliphatic carbocycles. The van der Waals surface area contributed by atoms with Crippen molar-refractivity contribution in [3.63, 3.8) is 0 Å². The molecule has 0 amide bonds. The van der Waals surface area contributed by atoms with Gasteiger partial charge in [0, 0.05) is 16.5 Å². The minimum Gasteiger partial charge on any atom is -0.504 e. The third-order valence-corrected chi connectivity index (χ3v) is 3.82. The lowest BCUT2D eigenvalue weighted by molar-refractivity contribution is 0.470. The van der Waals surface area contributed by atoms with Gasteiger partial charge in [0.2, 0.25) is 0 Å². The lowest BCUT2D eigenvalue weighted by Crippen LogP contribution is -2.24. The average Bonchev–Trinajstić information content (AvgIpc) is 2.87. The molecule has 1 aliphatic rings. The monoisotopic (exact) mass is 243 g/mol. The summed E-state index contributed by atoms with van der Waals surface area (Å²) in [6, 6.07) is 3.62. The van der Waals surface area contributed by atoms with Crippen molar-refractivity contribution in [1.29, 1.82) is 0 Å². The van der Waals surface area contributed by atoms with Gasteiger partial charge in [-0.15, -0.1) is 0 Å². The Hall–Kier alpha value is -1.94. The van der Waals surface area contributed by atoms with Gasteiger partial charge in [0.05, 0.1) is 17.9 Å². The van der Waals surface area contributed by atoms with Crippen LogP contribution in [0.1, 0.15) is 18.4 Å². The van der Waals surface area contributed by atoms with Crippen molar-refractivity contribution in [3.05, 3.63) is 30.2 Å². The van der Waals surface area contributed by atoms with Crippen molar-refractivity contribution in [2.45, 2.75) is 24.8 Å². The lowest BCUT2D eigenvalue weighted by Gasteiger charge is -2.10. The van der Waals surface area contributed by atoms with Crippen LogP contribution in [0.2, 0.25) is 0 Å². The quantitative estimate of drug-likeness (QED) is 0.725. The van der Waals surface area contributed by atoms with Crippen LogP contribution in [0.15, 0.2) is 33.5 Å². The Kier molecular flexibility index (Phi) is 1.72. The zero-order valence-corrected chi connectivity index (χ0v) is 9.77. The van der Waals surface area contributed by atoms with E-state index in [0.717, 1.165) is 35.8 Å². The smallest absolute Gasteiger partial charge is 0.176 e. The first-order valence-electron chi connectivity index (χ1n) is 6.05. The molecule has 3 aromatic rings. The molecule has 2 aromatic heterocycles. The number of benzene rings is 1. The van der Waals surface area contributed by atoms with E-state index in [0.29, 0.717) is 11.0 Å². The van der Waals surface area contributed by atoms with E-state index in [4.69, 9.17) is 14.6 Å². The summed E-state index contributed by atoms with van der Waals surface area (Å²) in [5.74, 6) is 0.143. The lowest BCUT2D eigenvalue weighted by atomic mass is 9.98. The molecule has 1 aromatic carbocycles. The highest BCUT2D eigenvalue weighted by molar-refractivity contribution is 6.04. The molecule has 18 heavy (non-hydrogen) atoms. The topological polar surface area (TPSA) is 72.5 Å². The van der Waals surface area contributed by atoms with Crippen molar-refractivity contribution in [1.82, 2.24) is 0 Å². The Labute approximate surface area is 103 Å². The van der Waals surface area contributed by atoms with E-state index in [-0.39, 0.29) is 11.3 Å². The Morgan fingerprint density at radius 1 is 1.11 bits per heavy atom. The molecule has 0 unspecified atom stereocenters. The van der Waals surface area contributed by atoms with Gasteiger partial charge >= 0.3 is 0 Å². The maximum Gasteiger partial charge on any atom is 0.176 e. The van der Waals surface area contributed by atoms with Crippen molar-refractivity contribution in [2.24, 2.45) is 5.73 Å². The zero-order valence-electron chi connectivity index (χ0n) is 9.77. The summed E-state index contributed by atoms with van der Waals surface area (Å²) < 4.78 is 10.9. The van der Waals surface area contributed by atoms with Crippen LogP contribution in [0, 0.1) is 0 Å². The molecular formula is C14H13NO3. The SMILES string of the molecule is NC1(Cc2c3ccoc3c(O)c3ccoc23)CC1. The molecule has 1 fully saturated rings. The molecular weight excluding hydrogens is 230 g/mol. The zero-order chi connectivity index (χ0) is 12.3. The summed E-state index contributed by atoms with van der Waals surface area (Å²) in [5, 5.41) is 11.7. The fraction of sp³-hybridized carbons (Fsp3) is 0.286. The predicted octanol–water partition coefficient (Wildman–Crippen LogP) is 2.92. The normalized spacial score (nSPS) is 17.6. The first-order valence-corrected chi connectivity index (χ1v) is 6.05. The third-order valence-electron chi connectivity index (χ3n) is 3.82. The fourth-order valence-corrected chi connectivity index (χ4v) is 2.57. The number of hydrogen-bond donors (Lipinski definition) is 2. The number of furan rings is 2. The van der Waals surface area contributed by atoms with E-state index in [9.17, 15) is 5.11 Å². The van der Waals surface area contributed by atoms with Gasteiger partial charge in [0.15, 0.2) is 11.3 Å². The molecule has 0 bridgehead atoms. The molecule has 0 aliphatic heterocycles. The van der Waals surface area contributed by atoms with Crippen LogP contribution in [0.5, 0.6) is 5.75 Å². The molecule has 4 heteroatoms. The minimum absolute atomic E-state index is 0.110. The minimum atomic E-state index is -0.110. The van der Waals surface area contributed by atoms with Crippen molar-refractivity contribution in [3.8, 4) is 5.75 Å². The molecule has 0 atom stereocenters. The highest BCUT2D eigenvalue weighted by atomic mass is 16.4. The molecule has 92 valence electrons. The number of phenolic OH excluding ortho intramolecular Hbond substituents is 1. The molecule has 2 heterocycles. The second kappa shape index (κ2) is 3.09. The predicted molar refractivity (Wildman–Crippen MR) is 67.5 cm³/mol. The summed E-state index contributed by atoms with van der Waals surface area (Å²) in [6.07, 6.45) is 6.00. The van der Waals surface area contributed by atoms with Crippen molar-refractivity contribution < 1.29 is 13.9 Å². The van der Waals surface area contributed by atoms with Crippen LogP contribution >= 0.6 is 0 Å². The molecule has 4 nitrogen and oxygen atoms in total. The van der Waals surface area contributed by atoms with Gasteiger partial charge in [-0.25, -0.2) is 0 Å². The van der Waals surface area contributed by atoms with Gasteiger partial charge in [-0.2, -0.15) is 0 Å². The molecule has 0 radical (unpaired) electrons. The van der Waals surface area contributed by atoms with Gasteiger partial charge in [-0.05, 0) is 31.4 Å². The van der Waals surface area contributed by atoms with Crippen LogP contribution < -0.4 is 5.73 Å². The maximum atomic E-state index is 10.1. The summed E-state index contributed by atoms with van der Waals surface area (Å²) >= 11 is 0. The van der Waals surface area contributed by atoms with Gasteiger partial charge in [0.25, 0.3) is 0 Å². The Morgan fingerprint density at radius 3 is 2.50 bits per heavy atom. The third kappa shape index (κ3) is 1.24. The van der Waals surface area contributed by atoms with E-state index in [1.807, 2.05) is 6.07 Å². The van der Waals surface area contributed by atoms with E-state index in [1.165, 1.54) is 0 Å². The van der Waals surface area contributed by atoms with Crippen LogP contribution in [0.4, 0.5) is 0 Å². The average molecular weight is 243 g/mol. The summed E-state index contributed by atoms with van der Waals surface area (Å²) in [6.45, 7) is 0. The van der Waals surface area contributed by atoms with Gasteiger partial charge < -0.3 is 19.7 Å². The number of nitrogens with two attached hydrogens (primary N) is 1. The Balaban J connectivity index is 2.08. The van der Waals surface area contributed by atoms with Crippen LogP contribution in [0.3, 0.4) is 0 Å². The molecule has 0 saturated heterocycles. The van der Waals surface area contributed by atoms with Crippen LogP contribution in [-0.4, -0.2) is 10.6 Å². The second-order valence-electron chi connectivity index (χ2n) is 5.19. The van der Waals surface area contributed by atoms with E-state index in [2.05, 4.69) is 0 Å². The standard InChI is InChI=1S/C14H13NO3/c15-14(3-4-14)7-10-8-1-5-18-13(8)11(16)9-2-6-17-12(9)10/h1-2,5-6,16H,3-4,7,15H2. The maximum absolute atomic E-state index is 10.1.